The molecule has 0 aromatic heterocycles. The fourth-order valence-corrected chi connectivity index (χ4v) is 2.14. The first-order valence-electron chi connectivity index (χ1n) is 7.03. The fraction of sp³-hybridized carbons (Fsp3) is 0.929. The van der Waals surface area contributed by atoms with Crippen LogP contribution in [0.1, 0.15) is 58.8 Å². The largest absolute Gasteiger partial charge is 0.314 e. The lowest BCUT2D eigenvalue weighted by atomic mass is 9.98. The Labute approximate surface area is 106 Å². The monoisotopic (exact) mass is 237 g/mol. The summed E-state index contributed by atoms with van der Waals surface area (Å²) in [4.78, 5) is 2.63. The number of nitrogens with two attached hydrogens (primary N) is 1. The maximum absolute atomic E-state index is 8.83. The molecule has 1 atom stereocenters. The third-order valence-electron chi connectivity index (χ3n) is 3.51. The minimum absolute atomic E-state index is 0.631. The van der Waals surface area contributed by atoms with Gasteiger partial charge in [-0.15, -0.1) is 0 Å². The molecule has 0 amide bonds. The van der Waals surface area contributed by atoms with Crippen molar-refractivity contribution in [3.63, 3.8) is 0 Å². The Morgan fingerprint density at radius 1 is 1.29 bits per heavy atom. The number of unbranched alkanes of at least 4 members (excludes halogenated alkanes) is 2. The summed E-state index contributed by atoms with van der Waals surface area (Å²) in [6.07, 6.45) is 8.41. The van der Waals surface area contributed by atoms with Crippen molar-refractivity contribution >= 4 is 0 Å². The highest BCUT2D eigenvalue weighted by molar-refractivity contribution is 5.00. The molecule has 1 saturated carbocycles. The van der Waals surface area contributed by atoms with Crippen molar-refractivity contribution in [1.29, 1.82) is 5.26 Å². The van der Waals surface area contributed by atoms with Crippen molar-refractivity contribution in [2.45, 2.75) is 70.4 Å². The third kappa shape index (κ3) is 6.05. The van der Waals surface area contributed by atoms with Gasteiger partial charge in [0.05, 0.1) is 6.07 Å². The molecule has 98 valence electrons. The molecule has 3 heteroatoms. The van der Waals surface area contributed by atoms with Gasteiger partial charge in [0.1, 0.15) is 5.54 Å². The predicted octanol–water partition coefficient (Wildman–Crippen LogP) is 2.66. The second-order valence-electron chi connectivity index (χ2n) is 5.61. The van der Waals surface area contributed by atoms with Gasteiger partial charge in [0.2, 0.25) is 0 Å². The Hall–Kier alpha value is -0.590. The first kappa shape index (κ1) is 14.5. The van der Waals surface area contributed by atoms with E-state index in [4.69, 9.17) is 11.0 Å². The van der Waals surface area contributed by atoms with E-state index in [1.165, 1.54) is 45.2 Å². The summed E-state index contributed by atoms with van der Waals surface area (Å²) in [5.74, 6) is 0. The van der Waals surface area contributed by atoms with Crippen molar-refractivity contribution in [2.75, 3.05) is 13.1 Å². The number of hydrogen-bond acceptors (Lipinski definition) is 3. The molecule has 0 radical (unpaired) electrons. The highest BCUT2D eigenvalue weighted by atomic mass is 15.2. The Bertz CT molecular complexity index is 251. The highest BCUT2D eigenvalue weighted by Crippen LogP contribution is 2.27. The lowest BCUT2D eigenvalue weighted by molar-refractivity contribution is 0.251. The quantitative estimate of drug-likeness (QED) is 0.627. The third-order valence-corrected chi connectivity index (χ3v) is 3.51. The number of nitrogens with zero attached hydrogens (tertiary/aromatic N) is 2. The smallest absolute Gasteiger partial charge is 0.101 e. The van der Waals surface area contributed by atoms with E-state index in [1.807, 2.05) is 6.92 Å². The van der Waals surface area contributed by atoms with Crippen molar-refractivity contribution < 1.29 is 0 Å². The molecule has 1 unspecified atom stereocenters. The second-order valence-corrected chi connectivity index (χ2v) is 5.61. The van der Waals surface area contributed by atoms with Crippen LogP contribution in [0.3, 0.4) is 0 Å². The summed E-state index contributed by atoms with van der Waals surface area (Å²) in [5, 5.41) is 8.83. The molecular weight excluding hydrogens is 210 g/mol. The second kappa shape index (κ2) is 6.98. The Morgan fingerprint density at radius 3 is 2.47 bits per heavy atom. The van der Waals surface area contributed by atoms with E-state index in [1.54, 1.807) is 0 Å². The van der Waals surface area contributed by atoms with Gasteiger partial charge in [0, 0.05) is 6.04 Å². The standard InChI is InChI=1S/C14H27N3/c1-3-4-10-17(13-7-8-13)11-6-5-9-14(2,16)12-15/h13H,3-11,16H2,1-2H3. The van der Waals surface area contributed by atoms with Crippen LogP contribution in [-0.2, 0) is 0 Å². The van der Waals surface area contributed by atoms with Crippen LogP contribution in [0.2, 0.25) is 0 Å². The Kier molecular flexibility index (Phi) is 5.94. The molecule has 0 spiro atoms. The van der Waals surface area contributed by atoms with Gasteiger partial charge in [-0.3, -0.25) is 0 Å². The van der Waals surface area contributed by atoms with Gasteiger partial charge in [-0.2, -0.15) is 5.26 Å². The van der Waals surface area contributed by atoms with Gasteiger partial charge < -0.3 is 10.6 Å². The van der Waals surface area contributed by atoms with Crippen molar-refractivity contribution in [2.24, 2.45) is 5.73 Å². The lowest BCUT2D eigenvalue weighted by Crippen LogP contribution is -2.34. The molecule has 1 aliphatic rings. The van der Waals surface area contributed by atoms with Crippen LogP contribution in [-0.4, -0.2) is 29.6 Å². The van der Waals surface area contributed by atoms with E-state index in [-0.39, 0.29) is 0 Å². The molecule has 3 nitrogen and oxygen atoms in total. The van der Waals surface area contributed by atoms with Crippen LogP contribution < -0.4 is 5.73 Å². The number of hydrogen-bond donors (Lipinski definition) is 1. The van der Waals surface area contributed by atoms with E-state index in [0.717, 1.165) is 18.9 Å². The molecule has 0 heterocycles. The molecule has 0 aromatic carbocycles. The van der Waals surface area contributed by atoms with Crippen molar-refractivity contribution in [3.8, 4) is 6.07 Å². The van der Waals surface area contributed by atoms with Crippen LogP contribution >= 0.6 is 0 Å². The van der Waals surface area contributed by atoms with Gasteiger partial charge in [-0.05, 0) is 58.5 Å². The molecular formula is C14H27N3. The topological polar surface area (TPSA) is 53.0 Å². The van der Waals surface area contributed by atoms with Crippen LogP contribution in [0.15, 0.2) is 0 Å². The minimum atomic E-state index is -0.631. The van der Waals surface area contributed by atoms with Gasteiger partial charge >= 0.3 is 0 Å². The van der Waals surface area contributed by atoms with Gasteiger partial charge in [0.25, 0.3) is 0 Å². The zero-order valence-corrected chi connectivity index (χ0v) is 11.4. The first-order valence-corrected chi connectivity index (χ1v) is 7.03. The van der Waals surface area contributed by atoms with E-state index < -0.39 is 5.54 Å². The molecule has 0 aromatic rings. The van der Waals surface area contributed by atoms with Crippen molar-refractivity contribution in [1.82, 2.24) is 4.90 Å². The molecule has 17 heavy (non-hydrogen) atoms. The van der Waals surface area contributed by atoms with E-state index in [2.05, 4.69) is 17.9 Å². The zero-order chi connectivity index (χ0) is 12.7. The molecule has 1 aliphatic carbocycles. The molecule has 0 aliphatic heterocycles. The number of rotatable bonds is 9. The van der Waals surface area contributed by atoms with Crippen LogP contribution in [0.4, 0.5) is 0 Å². The minimum Gasteiger partial charge on any atom is -0.314 e. The van der Waals surface area contributed by atoms with E-state index in [9.17, 15) is 0 Å². The van der Waals surface area contributed by atoms with Crippen LogP contribution in [0.25, 0.3) is 0 Å². The average Bonchev–Trinajstić information content (AvgIpc) is 3.12. The van der Waals surface area contributed by atoms with E-state index >= 15 is 0 Å². The van der Waals surface area contributed by atoms with Gasteiger partial charge in [-0.25, -0.2) is 0 Å². The first-order chi connectivity index (χ1) is 8.09. The molecule has 2 N–H and O–H groups in total. The lowest BCUT2D eigenvalue weighted by Gasteiger charge is -2.22. The summed E-state index contributed by atoms with van der Waals surface area (Å²) in [6, 6.07) is 3.03. The summed E-state index contributed by atoms with van der Waals surface area (Å²) in [6.45, 7) is 6.51. The van der Waals surface area contributed by atoms with Gasteiger partial charge in [0.15, 0.2) is 0 Å². The number of nitriles is 1. The summed E-state index contributed by atoms with van der Waals surface area (Å²) < 4.78 is 0. The van der Waals surface area contributed by atoms with Crippen molar-refractivity contribution in [3.05, 3.63) is 0 Å². The molecule has 0 bridgehead atoms. The zero-order valence-electron chi connectivity index (χ0n) is 11.4. The van der Waals surface area contributed by atoms with Crippen LogP contribution in [0, 0.1) is 11.3 Å². The fourth-order valence-electron chi connectivity index (χ4n) is 2.14. The SMILES string of the molecule is CCCCN(CCCCC(C)(N)C#N)C1CC1. The Morgan fingerprint density at radius 2 is 1.94 bits per heavy atom. The Balaban J connectivity index is 2.12. The predicted molar refractivity (Wildman–Crippen MR) is 71.6 cm³/mol. The van der Waals surface area contributed by atoms with Gasteiger partial charge in [-0.1, -0.05) is 13.3 Å². The van der Waals surface area contributed by atoms with E-state index in [0.29, 0.717) is 0 Å². The molecule has 1 rings (SSSR count). The average molecular weight is 237 g/mol. The molecule has 0 saturated heterocycles. The maximum Gasteiger partial charge on any atom is 0.101 e. The normalized spacial score (nSPS) is 19.0. The summed E-state index contributed by atoms with van der Waals surface area (Å²) in [7, 11) is 0. The summed E-state index contributed by atoms with van der Waals surface area (Å²) in [5.41, 5.74) is 5.18. The molecule has 1 fully saturated rings. The maximum atomic E-state index is 8.83. The summed E-state index contributed by atoms with van der Waals surface area (Å²) >= 11 is 0. The highest BCUT2D eigenvalue weighted by Gasteiger charge is 2.28. The van der Waals surface area contributed by atoms with Crippen LogP contribution in [0.5, 0.6) is 0 Å².